The zero-order valence-electron chi connectivity index (χ0n) is 23.8. The summed E-state index contributed by atoms with van der Waals surface area (Å²) in [4.78, 5) is 39.5. The first-order valence-electron chi connectivity index (χ1n) is 13.7. The van der Waals surface area contributed by atoms with Crippen LogP contribution in [-0.2, 0) is 14.3 Å². The topological polar surface area (TPSA) is 177 Å². The first kappa shape index (κ1) is 31.5. The first-order valence-corrected chi connectivity index (χ1v) is 14.4. The van der Waals surface area contributed by atoms with Gasteiger partial charge in [0.05, 0.1) is 37.1 Å². The van der Waals surface area contributed by atoms with Gasteiger partial charge in [-0.2, -0.15) is 9.78 Å². The third-order valence-corrected chi connectivity index (χ3v) is 7.48. The first-order chi connectivity index (χ1) is 21.7. The molecule has 0 aliphatic carbocycles. The van der Waals surface area contributed by atoms with Crippen molar-refractivity contribution in [2.75, 3.05) is 25.5 Å². The molecule has 1 aliphatic rings. The van der Waals surface area contributed by atoms with Gasteiger partial charge in [0.25, 0.3) is 0 Å². The number of methoxy groups -OCH3 is 1. The molecule has 0 unspecified atom stereocenters. The van der Waals surface area contributed by atoms with E-state index in [0.717, 1.165) is 0 Å². The van der Waals surface area contributed by atoms with Crippen molar-refractivity contribution in [3.63, 3.8) is 0 Å². The van der Waals surface area contributed by atoms with Gasteiger partial charge in [0.2, 0.25) is 11.8 Å². The minimum atomic E-state index is -0.894. The molecule has 16 heteroatoms. The van der Waals surface area contributed by atoms with E-state index in [0.29, 0.717) is 46.1 Å². The van der Waals surface area contributed by atoms with Gasteiger partial charge >= 0.3 is 6.09 Å². The molecule has 1 fully saturated rings. The van der Waals surface area contributed by atoms with Crippen LogP contribution >= 0.6 is 23.2 Å². The maximum atomic E-state index is 13.2. The van der Waals surface area contributed by atoms with Gasteiger partial charge in [-0.05, 0) is 64.9 Å². The molecular weight excluding hydrogens is 625 g/mol. The van der Waals surface area contributed by atoms with Crippen LogP contribution in [0.2, 0.25) is 10.2 Å². The summed E-state index contributed by atoms with van der Waals surface area (Å²) in [6, 6.07) is 12.6. The molecule has 0 saturated carbocycles. The number of carbonyl (C=O) groups excluding carboxylic acids is 3. The number of likely N-dealkylation sites (tertiary alicyclic amines) is 1. The van der Waals surface area contributed by atoms with E-state index in [2.05, 4.69) is 41.1 Å². The Morgan fingerprint density at radius 1 is 1.13 bits per heavy atom. The number of aromatic nitrogens is 6. The highest BCUT2D eigenvalue weighted by Gasteiger charge is 2.28. The monoisotopic (exact) mass is 651 g/mol. The van der Waals surface area contributed by atoms with Crippen LogP contribution in [0.3, 0.4) is 0 Å². The van der Waals surface area contributed by atoms with Crippen LogP contribution in [0.1, 0.15) is 30.1 Å². The summed E-state index contributed by atoms with van der Waals surface area (Å²) >= 11 is 12.6. The Kier molecular flexibility index (Phi) is 9.97. The number of anilines is 1. The van der Waals surface area contributed by atoms with E-state index in [4.69, 9.17) is 23.2 Å². The number of rotatable bonds is 9. The quantitative estimate of drug-likeness (QED) is 0.227. The van der Waals surface area contributed by atoms with Crippen molar-refractivity contribution in [1.29, 1.82) is 0 Å². The lowest BCUT2D eigenvalue weighted by Crippen LogP contribution is -2.35. The van der Waals surface area contributed by atoms with Crippen molar-refractivity contribution in [2.45, 2.75) is 25.0 Å². The third-order valence-electron chi connectivity index (χ3n) is 6.96. The lowest BCUT2D eigenvalue weighted by molar-refractivity contribution is -0.131. The van der Waals surface area contributed by atoms with Gasteiger partial charge in [0, 0.05) is 41.0 Å². The van der Waals surface area contributed by atoms with E-state index < -0.39 is 24.1 Å². The number of β-amino-alcohol motifs (C(OH)–C–C–N with tert-alkyl or cyclic N) is 1. The number of carbonyl (C=O) groups is 3. The van der Waals surface area contributed by atoms with Crippen LogP contribution in [0.5, 0.6) is 0 Å². The second kappa shape index (κ2) is 14.2. The number of tetrazole rings is 1. The van der Waals surface area contributed by atoms with Crippen molar-refractivity contribution >= 4 is 52.9 Å². The van der Waals surface area contributed by atoms with E-state index in [9.17, 15) is 19.5 Å². The summed E-state index contributed by atoms with van der Waals surface area (Å²) in [7, 11) is 1.26. The minimum absolute atomic E-state index is 0.0995. The number of nitrogens with one attached hydrogen (secondary N) is 2. The van der Waals surface area contributed by atoms with Gasteiger partial charge in [0.1, 0.15) is 6.33 Å². The molecule has 2 aromatic carbocycles. The van der Waals surface area contributed by atoms with E-state index >= 15 is 0 Å². The molecule has 0 radical (unpaired) electrons. The van der Waals surface area contributed by atoms with Gasteiger partial charge in [-0.1, -0.05) is 35.3 Å². The van der Waals surface area contributed by atoms with E-state index in [-0.39, 0.29) is 29.7 Å². The molecule has 14 nitrogen and oxygen atoms in total. The lowest BCUT2D eigenvalue weighted by atomic mass is 10.0. The predicted octanol–water partition coefficient (Wildman–Crippen LogP) is 3.46. The largest absolute Gasteiger partial charge is 0.453 e. The van der Waals surface area contributed by atoms with Crippen molar-refractivity contribution in [3.05, 3.63) is 82.4 Å². The minimum Gasteiger partial charge on any atom is -0.453 e. The molecule has 1 aliphatic heterocycles. The fraction of sp³-hybridized carbons (Fsp3) is 0.241. The molecule has 3 heterocycles. The molecule has 3 amide bonds. The molecule has 5 rings (SSSR count). The average Bonchev–Trinajstić information content (AvgIpc) is 3.73. The second-order valence-corrected chi connectivity index (χ2v) is 10.8. The van der Waals surface area contributed by atoms with Crippen LogP contribution < -0.4 is 10.6 Å². The molecule has 232 valence electrons. The Hall–Kier alpha value is -4.92. The summed E-state index contributed by atoms with van der Waals surface area (Å²) in [5, 5.41) is 35.4. The Bertz CT molecular complexity index is 1720. The third kappa shape index (κ3) is 7.98. The highest BCUT2D eigenvalue weighted by molar-refractivity contribution is 6.32. The van der Waals surface area contributed by atoms with Crippen LogP contribution in [0, 0.1) is 0 Å². The van der Waals surface area contributed by atoms with Crippen LogP contribution in [0.25, 0.3) is 22.9 Å². The fourth-order valence-electron chi connectivity index (χ4n) is 4.69. The van der Waals surface area contributed by atoms with Gasteiger partial charge in [0.15, 0.2) is 5.15 Å². The average molecular weight is 652 g/mol. The summed E-state index contributed by atoms with van der Waals surface area (Å²) in [5.74, 6) is -0.790. The number of ether oxygens (including phenoxy) is 1. The highest BCUT2D eigenvalue weighted by atomic mass is 35.5. The molecule has 0 spiro atoms. The predicted molar refractivity (Wildman–Crippen MR) is 164 cm³/mol. The molecule has 2 aromatic heterocycles. The molecule has 0 bridgehead atoms. The zero-order valence-corrected chi connectivity index (χ0v) is 25.3. The SMILES string of the molecule is COC(=O)Nc1ccc(-c2cc([C@H](CC(=O)N3CC[C@@H](O)C3)NC(=O)/C=C/c3cc(Cl)ccc3-n3cnnn3)nnc2Cl)cc1. The Balaban J connectivity index is 1.41. The number of benzene rings is 2. The molecule has 3 N–H and O–H groups in total. The number of hydrogen-bond acceptors (Lipinski definition) is 10. The molecule has 1 saturated heterocycles. The van der Waals surface area contributed by atoms with Crippen molar-refractivity contribution < 1.29 is 24.2 Å². The summed E-state index contributed by atoms with van der Waals surface area (Å²) < 4.78 is 6.05. The van der Waals surface area contributed by atoms with E-state index in [1.807, 2.05) is 0 Å². The molecule has 2 atom stereocenters. The zero-order chi connectivity index (χ0) is 31.9. The number of nitrogens with zero attached hydrogens (tertiary/aromatic N) is 7. The van der Waals surface area contributed by atoms with Gasteiger partial charge in [-0.25, -0.2) is 4.79 Å². The van der Waals surface area contributed by atoms with Crippen molar-refractivity contribution in [2.24, 2.45) is 0 Å². The number of hydrogen-bond donors (Lipinski definition) is 3. The highest BCUT2D eigenvalue weighted by Crippen LogP contribution is 2.30. The maximum absolute atomic E-state index is 13.2. The summed E-state index contributed by atoms with van der Waals surface area (Å²) in [5.41, 5.74) is 3.10. The number of aliphatic hydroxyl groups is 1. The Labute approximate surface area is 267 Å². The van der Waals surface area contributed by atoms with Crippen LogP contribution in [0.4, 0.5) is 10.5 Å². The number of amides is 3. The number of aliphatic hydroxyl groups excluding tert-OH is 1. The molecule has 4 aromatic rings. The van der Waals surface area contributed by atoms with Crippen molar-refractivity contribution in [3.8, 4) is 16.8 Å². The molecule has 45 heavy (non-hydrogen) atoms. The Morgan fingerprint density at radius 3 is 2.62 bits per heavy atom. The van der Waals surface area contributed by atoms with Crippen molar-refractivity contribution in [1.82, 2.24) is 40.6 Å². The Morgan fingerprint density at radius 2 is 1.93 bits per heavy atom. The van der Waals surface area contributed by atoms with Crippen LogP contribution in [0.15, 0.2) is 60.9 Å². The second-order valence-electron chi connectivity index (χ2n) is 10.0. The van der Waals surface area contributed by atoms with E-state index in [1.54, 1.807) is 59.5 Å². The standard InChI is InChI=1S/C29H27Cl2N9O5/c1-45-29(44)33-20-6-2-17(3-7-20)22-13-24(35-36-28(22)31)23(14-27(43)39-11-10-21(41)15-39)34-26(42)9-4-18-12-19(30)5-8-25(18)40-16-32-37-38-40/h2-9,12-13,16,21,23,41H,10-11,14-15H2,1H3,(H,33,44)(H,34,42)/b9-4+/t21-,23+/m1/s1. The number of halogens is 2. The summed E-state index contributed by atoms with van der Waals surface area (Å²) in [6.07, 6.45) is 3.38. The lowest BCUT2D eigenvalue weighted by Gasteiger charge is -2.22. The summed E-state index contributed by atoms with van der Waals surface area (Å²) in [6.45, 7) is 0.607. The maximum Gasteiger partial charge on any atom is 0.411 e. The van der Waals surface area contributed by atoms with E-state index in [1.165, 1.54) is 24.2 Å². The smallest absolute Gasteiger partial charge is 0.411 e. The fourth-order valence-corrected chi connectivity index (χ4v) is 5.07. The van der Waals surface area contributed by atoms with Gasteiger partial charge in [-0.15, -0.1) is 10.2 Å². The van der Waals surface area contributed by atoms with Gasteiger partial charge in [-0.3, -0.25) is 14.9 Å². The normalized spacial score (nSPS) is 15.2. The van der Waals surface area contributed by atoms with Gasteiger partial charge < -0.3 is 20.1 Å². The van der Waals surface area contributed by atoms with Crippen LogP contribution in [-0.4, -0.2) is 84.6 Å². The molecular formula is C29H27Cl2N9O5.